The minimum Gasteiger partial charge on any atom is -0.211 e. The van der Waals surface area contributed by atoms with Gasteiger partial charge in [0.1, 0.15) is 0 Å². The van der Waals surface area contributed by atoms with E-state index in [0.717, 1.165) is 25.7 Å². The second-order valence-electron chi connectivity index (χ2n) is 4.37. The lowest BCUT2D eigenvalue weighted by molar-refractivity contribution is 0.573. The Morgan fingerprint density at radius 3 is 2.00 bits per heavy atom. The molecular formula is C12H18ClNO4S2. The first-order valence-electron chi connectivity index (χ1n) is 6.32. The number of unbranched alkanes of at least 4 members (excludes halogenated alkanes) is 3. The van der Waals surface area contributed by atoms with E-state index >= 15 is 0 Å². The summed E-state index contributed by atoms with van der Waals surface area (Å²) in [5, 5.41) is 0. The van der Waals surface area contributed by atoms with Crippen LogP contribution in [-0.2, 0) is 19.1 Å². The molecule has 0 unspecified atom stereocenters. The van der Waals surface area contributed by atoms with Gasteiger partial charge in [0.25, 0.3) is 9.05 Å². The Kier molecular flexibility index (Phi) is 6.44. The maximum Gasteiger partial charge on any atom is 0.261 e. The highest BCUT2D eigenvalue weighted by atomic mass is 35.7. The number of hydrogen-bond acceptors (Lipinski definition) is 4. The number of halogens is 1. The second-order valence-corrected chi connectivity index (χ2v) is 8.70. The molecule has 20 heavy (non-hydrogen) atoms. The van der Waals surface area contributed by atoms with Crippen LogP contribution in [0.2, 0.25) is 0 Å². The van der Waals surface area contributed by atoms with Gasteiger partial charge in [-0.3, -0.25) is 0 Å². The van der Waals surface area contributed by atoms with Gasteiger partial charge >= 0.3 is 0 Å². The van der Waals surface area contributed by atoms with Gasteiger partial charge in [-0.05, 0) is 30.7 Å². The first-order valence-corrected chi connectivity index (χ1v) is 10.1. The molecule has 0 aliphatic heterocycles. The van der Waals surface area contributed by atoms with E-state index in [2.05, 4.69) is 11.6 Å². The molecule has 0 fully saturated rings. The predicted octanol–water partition coefficient (Wildman–Crippen LogP) is 2.47. The Morgan fingerprint density at radius 1 is 0.950 bits per heavy atom. The van der Waals surface area contributed by atoms with Gasteiger partial charge in [-0.15, -0.1) is 0 Å². The fourth-order valence-electron chi connectivity index (χ4n) is 1.62. The number of benzene rings is 1. The van der Waals surface area contributed by atoms with Crippen molar-refractivity contribution in [3.05, 3.63) is 24.3 Å². The third-order valence-corrected chi connectivity index (χ3v) is 5.58. The van der Waals surface area contributed by atoms with Crippen LogP contribution in [0.3, 0.4) is 0 Å². The number of rotatable bonds is 8. The average molecular weight is 340 g/mol. The van der Waals surface area contributed by atoms with E-state index in [1.807, 2.05) is 0 Å². The van der Waals surface area contributed by atoms with Crippen molar-refractivity contribution < 1.29 is 16.8 Å². The van der Waals surface area contributed by atoms with E-state index < -0.39 is 19.1 Å². The van der Waals surface area contributed by atoms with Crippen LogP contribution in [0.4, 0.5) is 0 Å². The molecule has 0 aliphatic rings. The van der Waals surface area contributed by atoms with Gasteiger partial charge in [0.05, 0.1) is 9.79 Å². The van der Waals surface area contributed by atoms with E-state index in [0.29, 0.717) is 6.54 Å². The van der Waals surface area contributed by atoms with Gasteiger partial charge in [-0.2, -0.15) is 0 Å². The highest BCUT2D eigenvalue weighted by molar-refractivity contribution is 8.13. The van der Waals surface area contributed by atoms with Gasteiger partial charge in [-0.25, -0.2) is 21.6 Å². The topological polar surface area (TPSA) is 80.3 Å². The molecule has 5 nitrogen and oxygen atoms in total. The third-order valence-electron chi connectivity index (χ3n) is 2.74. The minimum absolute atomic E-state index is 0.0251. The Bertz CT molecular complexity index is 624. The van der Waals surface area contributed by atoms with Crippen LogP contribution in [0.5, 0.6) is 0 Å². The zero-order valence-corrected chi connectivity index (χ0v) is 13.6. The molecule has 1 aromatic rings. The standard InChI is InChI=1S/C12H18ClNO4S2/c1-2-3-4-5-10-14-20(17,18)12-8-6-11(7-9-12)19(13,15)16/h6-9,14H,2-5,10H2,1H3. The van der Waals surface area contributed by atoms with Crippen LogP contribution in [0, 0.1) is 0 Å². The van der Waals surface area contributed by atoms with Crippen molar-refractivity contribution in [2.24, 2.45) is 0 Å². The first-order chi connectivity index (χ1) is 9.27. The smallest absolute Gasteiger partial charge is 0.211 e. The van der Waals surface area contributed by atoms with Gasteiger partial charge < -0.3 is 0 Å². The summed E-state index contributed by atoms with van der Waals surface area (Å²) in [7, 11) is -2.27. The van der Waals surface area contributed by atoms with Gasteiger partial charge in [0.2, 0.25) is 10.0 Å². The molecule has 0 aromatic heterocycles. The second kappa shape index (κ2) is 7.40. The average Bonchev–Trinajstić information content (AvgIpc) is 2.37. The fraction of sp³-hybridized carbons (Fsp3) is 0.500. The summed E-state index contributed by atoms with van der Waals surface area (Å²) in [4.78, 5) is -0.0990. The lowest BCUT2D eigenvalue weighted by Crippen LogP contribution is -2.24. The molecular weight excluding hydrogens is 322 g/mol. The maximum atomic E-state index is 11.9. The zero-order chi connectivity index (χ0) is 15.2. The SMILES string of the molecule is CCCCCCNS(=O)(=O)c1ccc(S(=O)(=O)Cl)cc1. The van der Waals surface area contributed by atoms with Crippen molar-refractivity contribution in [3.8, 4) is 0 Å². The first kappa shape index (κ1) is 17.4. The summed E-state index contributed by atoms with van der Waals surface area (Å²) in [6.45, 7) is 2.45. The summed E-state index contributed by atoms with van der Waals surface area (Å²) in [6, 6.07) is 4.80. The van der Waals surface area contributed by atoms with Crippen molar-refractivity contribution in [1.29, 1.82) is 0 Å². The highest BCUT2D eigenvalue weighted by Crippen LogP contribution is 2.17. The quantitative estimate of drug-likeness (QED) is 0.582. The Hall–Kier alpha value is -0.630. The highest BCUT2D eigenvalue weighted by Gasteiger charge is 2.15. The molecule has 1 N–H and O–H groups in total. The molecule has 114 valence electrons. The molecule has 0 spiro atoms. The molecule has 0 saturated heterocycles. The third kappa shape index (κ3) is 5.40. The van der Waals surface area contributed by atoms with E-state index in [1.165, 1.54) is 24.3 Å². The van der Waals surface area contributed by atoms with Crippen LogP contribution < -0.4 is 4.72 Å². The Labute approximate surface area is 124 Å². The molecule has 0 heterocycles. The van der Waals surface area contributed by atoms with Crippen molar-refractivity contribution in [1.82, 2.24) is 4.72 Å². The molecule has 0 aliphatic carbocycles. The summed E-state index contributed by atoms with van der Waals surface area (Å²) in [5.74, 6) is 0. The maximum absolute atomic E-state index is 11.9. The molecule has 0 radical (unpaired) electrons. The number of nitrogens with one attached hydrogen (secondary N) is 1. The zero-order valence-electron chi connectivity index (χ0n) is 11.2. The summed E-state index contributed by atoms with van der Waals surface area (Å²) in [5.41, 5.74) is 0. The van der Waals surface area contributed by atoms with Crippen molar-refractivity contribution >= 4 is 29.8 Å². The van der Waals surface area contributed by atoms with Gasteiger partial charge in [0, 0.05) is 17.2 Å². The van der Waals surface area contributed by atoms with E-state index in [-0.39, 0.29) is 9.79 Å². The van der Waals surface area contributed by atoms with Crippen molar-refractivity contribution in [2.45, 2.75) is 42.4 Å². The molecule has 0 saturated carbocycles. The van der Waals surface area contributed by atoms with E-state index in [4.69, 9.17) is 10.7 Å². The number of hydrogen-bond donors (Lipinski definition) is 1. The van der Waals surface area contributed by atoms with Crippen molar-refractivity contribution in [3.63, 3.8) is 0 Å². The molecule has 8 heteroatoms. The van der Waals surface area contributed by atoms with Crippen LogP contribution >= 0.6 is 10.7 Å². The van der Waals surface area contributed by atoms with Crippen LogP contribution in [-0.4, -0.2) is 23.4 Å². The Balaban J connectivity index is 2.69. The van der Waals surface area contributed by atoms with Gasteiger partial charge in [0.15, 0.2) is 0 Å². The number of sulfonamides is 1. The minimum atomic E-state index is -3.84. The summed E-state index contributed by atoms with van der Waals surface area (Å²) < 4.78 is 48.5. The summed E-state index contributed by atoms with van der Waals surface area (Å²) >= 11 is 0. The Morgan fingerprint density at radius 2 is 1.50 bits per heavy atom. The van der Waals surface area contributed by atoms with E-state index in [9.17, 15) is 16.8 Å². The molecule has 0 atom stereocenters. The van der Waals surface area contributed by atoms with Crippen LogP contribution in [0.1, 0.15) is 32.6 Å². The molecule has 0 bridgehead atoms. The van der Waals surface area contributed by atoms with Gasteiger partial charge in [-0.1, -0.05) is 26.2 Å². The summed E-state index contributed by atoms with van der Waals surface area (Å²) in [6.07, 6.45) is 3.91. The normalized spacial score (nSPS) is 12.5. The van der Waals surface area contributed by atoms with Crippen molar-refractivity contribution in [2.75, 3.05) is 6.54 Å². The molecule has 0 amide bonds. The van der Waals surface area contributed by atoms with Crippen LogP contribution in [0.25, 0.3) is 0 Å². The fourth-order valence-corrected chi connectivity index (χ4v) is 3.47. The lowest BCUT2D eigenvalue weighted by atomic mass is 10.2. The predicted molar refractivity (Wildman–Crippen MR) is 78.8 cm³/mol. The molecule has 1 rings (SSSR count). The largest absolute Gasteiger partial charge is 0.261 e. The van der Waals surface area contributed by atoms with Crippen LogP contribution in [0.15, 0.2) is 34.1 Å². The van der Waals surface area contributed by atoms with E-state index in [1.54, 1.807) is 0 Å². The lowest BCUT2D eigenvalue weighted by Gasteiger charge is -2.07. The molecule has 1 aromatic carbocycles. The monoisotopic (exact) mass is 339 g/mol.